The van der Waals surface area contributed by atoms with Crippen LogP contribution in [0.3, 0.4) is 0 Å². The maximum atomic E-state index is 6.39. The van der Waals surface area contributed by atoms with E-state index in [2.05, 4.69) is 47.8 Å². The Hall–Kier alpha value is 0.120. The van der Waals surface area contributed by atoms with Crippen molar-refractivity contribution in [2.45, 2.75) is 13.0 Å². The van der Waals surface area contributed by atoms with Crippen molar-refractivity contribution in [3.05, 3.63) is 47.4 Å². The van der Waals surface area contributed by atoms with E-state index in [0.29, 0.717) is 6.61 Å². The summed E-state index contributed by atoms with van der Waals surface area (Å²) in [5.74, 6) is 0.826. The van der Waals surface area contributed by atoms with Gasteiger partial charge in [0.15, 0.2) is 0 Å². The van der Waals surface area contributed by atoms with Crippen LogP contribution in [-0.2, 0) is 0 Å². The molecule has 0 bridgehead atoms. The third kappa shape index (κ3) is 3.61. The molecule has 0 saturated heterocycles. The Kier molecular flexibility index (Phi) is 5.48. The molecule has 0 spiro atoms. The molecule has 19 heavy (non-hydrogen) atoms. The zero-order valence-corrected chi connectivity index (χ0v) is 15.7. The molecule has 0 amide bonds. The standard InChI is InChI=1S/C13H12Br3NOS/c1-2-18-10-4-3-7(14)5-8(10)12(17)9-6-11(15)19-13(9)16/h3-6,12H,2,17H2,1H3. The van der Waals surface area contributed by atoms with Gasteiger partial charge in [-0.1, -0.05) is 15.9 Å². The molecular weight excluding hydrogens is 458 g/mol. The minimum Gasteiger partial charge on any atom is -0.494 e. The lowest BCUT2D eigenvalue weighted by Gasteiger charge is -2.16. The number of halogens is 3. The predicted octanol–water partition coefficient (Wildman–Crippen LogP) is 5.48. The van der Waals surface area contributed by atoms with E-state index < -0.39 is 0 Å². The molecule has 0 fully saturated rings. The fourth-order valence-electron chi connectivity index (χ4n) is 1.78. The van der Waals surface area contributed by atoms with E-state index >= 15 is 0 Å². The summed E-state index contributed by atoms with van der Waals surface area (Å²) in [4.78, 5) is 0. The van der Waals surface area contributed by atoms with Crippen molar-refractivity contribution in [2.24, 2.45) is 5.73 Å². The highest BCUT2D eigenvalue weighted by Gasteiger charge is 2.19. The van der Waals surface area contributed by atoms with Gasteiger partial charge >= 0.3 is 0 Å². The average molecular weight is 470 g/mol. The molecule has 2 nitrogen and oxygen atoms in total. The van der Waals surface area contributed by atoms with Gasteiger partial charge in [0.2, 0.25) is 0 Å². The van der Waals surface area contributed by atoms with Crippen LogP contribution in [-0.4, -0.2) is 6.61 Å². The second kappa shape index (κ2) is 6.72. The van der Waals surface area contributed by atoms with Crippen molar-refractivity contribution >= 4 is 59.1 Å². The summed E-state index contributed by atoms with van der Waals surface area (Å²) < 4.78 is 8.74. The molecule has 1 aromatic carbocycles. The van der Waals surface area contributed by atoms with Gasteiger partial charge in [-0.3, -0.25) is 0 Å². The molecule has 2 aromatic rings. The first-order chi connectivity index (χ1) is 9.02. The molecule has 2 rings (SSSR count). The third-order valence-electron chi connectivity index (χ3n) is 2.62. The minimum absolute atomic E-state index is 0.226. The number of benzene rings is 1. The Morgan fingerprint density at radius 1 is 1.21 bits per heavy atom. The van der Waals surface area contributed by atoms with Crippen molar-refractivity contribution in [3.8, 4) is 5.75 Å². The second-order valence-electron chi connectivity index (χ2n) is 3.87. The van der Waals surface area contributed by atoms with Gasteiger partial charge in [-0.15, -0.1) is 11.3 Å². The van der Waals surface area contributed by atoms with Crippen molar-refractivity contribution in [2.75, 3.05) is 6.61 Å². The molecule has 0 aliphatic heterocycles. The Labute approximate surface area is 141 Å². The van der Waals surface area contributed by atoms with E-state index in [1.807, 2.05) is 31.2 Å². The number of ether oxygens (including phenoxy) is 1. The second-order valence-corrected chi connectivity index (χ2v) is 8.54. The Morgan fingerprint density at radius 2 is 1.95 bits per heavy atom. The van der Waals surface area contributed by atoms with E-state index in [4.69, 9.17) is 10.5 Å². The quantitative estimate of drug-likeness (QED) is 0.643. The highest BCUT2D eigenvalue weighted by atomic mass is 79.9. The first-order valence-corrected chi connectivity index (χ1v) is 8.85. The van der Waals surface area contributed by atoms with E-state index in [0.717, 1.165) is 28.9 Å². The molecule has 0 radical (unpaired) electrons. The number of hydrogen-bond donors (Lipinski definition) is 1. The van der Waals surface area contributed by atoms with Crippen molar-refractivity contribution in [1.29, 1.82) is 0 Å². The SMILES string of the molecule is CCOc1ccc(Br)cc1C(N)c1cc(Br)sc1Br. The largest absolute Gasteiger partial charge is 0.494 e. The van der Waals surface area contributed by atoms with Gasteiger partial charge in [0.25, 0.3) is 0 Å². The first-order valence-electron chi connectivity index (χ1n) is 5.65. The lowest BCUT2D eigenvalue weighted by Crippen LogP contribution is -2.13. The molecule has 2 N–H and O–H groups in total. The Balaban J connectivity index is 2.45. The van der Waals surface area contributed by atoms with E-state index in [1.165, 1.54) is 0 Å². The summed E-state index contributed by atoms with van der Waals surface area (Å²) in [5, 5.41) is 0. The third-order valence-corrected chi connectivity index (χ3v) is 5.50. The van der Waals surface area contributed by atoms with Gasteiger partial charge < -0.3 is 10.5 Å². The van der Waals surface area contributed by atoms with Crippen LogP contribution in [0.15, 0.2) is 36.3 Å². The van der Waals surface area contributed by atoms with E-state index in [-0.39, 0.29) is 6.04 Å². The molecule has 0 aliphatic carbocycles. The van der Waals surface area contributed by atoms with Gasteiger partial charge in [0.1, 0.15) is 5.75 Å². The molecule has 6 heteroatoms. The van der Waals surface area contributed by atoms with Crippen LogP contribution in [0, 0.1) is 0 Å². The molecule has 1 heterocycles. The fraction of sp³-hybridized carbons (Fsp3) is 0.231. The zero-order valence-electron chi connectivity index (χ0n) is 10.1. The van der Waals surface area contributed by atoms with Crippen LogP contribution in [0.4, 0.5) is 0 Å². The maximum absolute atomic E-state index is 6.39. The van der Waals surface area contributed by atoms with Crippen LogP contribution < -0.4 is 10.5 Å². The molecular formula is C13H12Br3NOS. The summed E-state index contributed by atoms with van der Waals surface area (Å²) >= 11 is 12.1. The zero-order chi connectivity index (χ0) is 14.0. The van der Waals surface area contributed by atoms with E-state index in [1.54, 1.807) is 11.3 Å². The van der Waals surface area contributed by atoms with Crippen molar-refractivity contribution < 1.29 is 4.74 Å². The van der Waals surface area contributed by atoms with Crippen LogP contribution in [0.2, 0.25) is 0 Å². The van der Waals surface area contributed by atoms with Crippen LogP contribution >= 0.6 is 59.1 Å². The minimum atomic E-state index is -0.226. The summed E-state index contributed by atoms with van der Waals surface area (Å²) in [6.07, 6.45) is 0. The molecule has 1 atom stereocenters. The average Bonchev–Trinajstić information content (AvgIpc) is 2.70. The molecule has 102 valence electrons. The highest BCUT2D eigenvalue weighted by molar-refractivity contribution is 9.12. The molecule has 0 saturated carbocycles. The van der Waals surface area contributed by atoms with Crippen LogP contribution in [0.1, 0.15) is 24.1 Å². The fourth-order valence-corrected chi connectivity index (χ4v) is 5.09. The summed E-state index contributed by atoms with van der Waals surface area (Å²) in [5.41, 5.74) is 8.41. The van der Waals surface area contributed by atoms with Gasteiger partial charge in [0, 0.05) is 10.0 Å². The van der Waals surface area contributed by atoms with E-state index in [9.17, 15) is 0 Å². The number of thiophene rings is 1. The maximum Gasteiger partial charge on any atom is 0.124 e. The number of nitrogens with two attached hydrogens (primary N) is 1. The normalized spacial score (nSPS) is 12.5. The number of rotatable bonds is 4. The lowest BCUT2D eigenvalue weighted by molar-refractivity contribution is 0.335. The first kappa shape index (κ1) is 15.5. The van der Waals surface area contributed by atoms with Crippen LogP contribution in [0.25, 0.3) is 0 Å². The molecule has 1 unspecified atom stereocenters. The molecule has 0 aliphatic rings. The lowest BCUT2D eigenvalue weighted by atomic mass is 10.0. The highest BCUT2D eigenvalue weighted by Crippen LogP contribution is 2.39. The van der Waals surface area contributed by atoms with Gasteiger partial charge in [-0.05, 0) is 68.6 Å². The predicted molar refractivity (Wildman–Crippen MR) is 91.1 cm³/mol. The van der Waals surface area contributed by atoms with Crippen LogP contribution in [0.5, 0.6) is 5.75 Å². The van der Waals surface area contributed by atoms with Gasteiger partial charge in [0.05, 0.1) is 20.2 Å². The summed E-state index contributed by atoms with van der Waals surface area (Å²) in [6, 6.07) is 7.72. The molecule has 1 aromatic heterocycles. The monoisotopic (exact) mass is 467 g/mol. The topological polar surface area (TPSA) is 35.2 Å². The smallest absolute Gasteiger partial charge is 0.124 e. The summed E-state index contributed by atoms with van der Waals surface area (Å²) in [7, 11) is 0. The summed E-state index contributed by atoms with van der Waals surface area (Å²) in [6.45, 7) is 2.59. The van der Waals surface area contributed by atoms with Crippen molar-refractivity contribution in [1.82, 2.24) is 0 Å². The Morgan fingerprint density at radius 3 is 2.53 bits per heavy atom. The number of hydrogen-bond acceptors (Lipinski definition) is 3. The van der Waals surface area contributed by atoms with Crippen molar-refractivity contribution in [3.63, 3.8) is 0 Å². The van der Waals surface area contributed by atoms with Gasteiger partial charge in [-0.2, -0.15) is 0 Å². The Bertz CT molecular complexity index is 585. The van der Waals surface area contributed by atoms with Gasteiger partial charge in [-0.25, -0.2) is 0 Å².